The van der Waals surface area contributed by atoms with Crippen LogP contribution in [0.4, 0.5) is 0 Å². The van der Waals surface area contributed by atoms with Gasteiger partial charge in [0, 0.05) is 12.7 Å². The van der Waals surface area contributed by atoms with E-state index in [4.69, 9.17) is 0 Å². The van der Waals surface area contributed by atoms with E-state index in [-0.39, 0.29) is 17.4 Å². The van der Waals surface area contributed by atoms with Gasteiger partial charge in [0.15, 0.2) is 5.03 Å². The Morgan fingerprint density at radius 3 is 2.44 bits per heavy atom. The Labute approximate surface area is 158 Å². The maximum Gasteiger partial charge on any atom is 0.281 e. The van der Waals surface area contributed by atoms with Crippen LogP contribution >= 0.6 is 0 Å². The van der Waals surface area contributed by atoms with Crippen molar-refractivity contribution in [2.24, 2.45) is 0 Å². The normalized spacial score (nSPS) is 19.3. The van der Waals surface area contributed by atoms with Gasteiger partial charge < -0.3 is 4.90 Å². The molecule has 142 valence electrons. The van der Waals surface area contributed by atoms with Gasteiger partial charge in [-0.15, -0.1) is 0 Å². The van der Waals surface area contributed by atoms with Gasteiger partial charge in [-0.1, -0.05) is 36.4 Å². The number of hydrogen-bond acceptors (Lipinski definition) is 5. The molecule has 8 heteroatoms. The van der Waals surface area contributed by atoms with Crippen LogP contribution in [0.2, 0.25) is 0 Å². The van der Waals surface area contributed by atoms with Gasteiger partial charge in [0.25, 0.3) is 15.9 Å². The minimum absolute atomic E-state index is 0.163. The third-order valence-corrected chi connectivity index (χ3v) is 6.04. The standard InChI is InChI=1S/C19H21N3O4S/c1-14-8-9-16(20-13-14)27(25,26)21-18(24)19(2)10-11-22(19)17(23)12-15-6-4-3-5-7-15/h3-9,13H,10-12H2,1-2H3,(H,21,24). The van der Waals surface area contributed by atoms with Crippen LogP contribution in [-0.2, 0) is 26.0 Å². The van der Waals surface area contributed by atoms with Crippen LogP contribution in [-0.4, -0.2) is 42.2 Å². The average molecular weight is 387 g/mol. The third-order valence-electron chi connectivity index (χ3n) is 4.79. The highest BCUT2D eigenvalue weighted by atomic mass is 32.2. The Hall–Kier alpha value is -2.74. The molecule has 0 saturated carbocycles. The molecule has 0 spiro atoms. The Morgan fingerprint density at radius 2 is 1.89 bits per heavy atom. The van der Waals surface area contributed by atoms with Gasteiger partial charge in [-0.2, -0.15) is 8.42 Å². The van der Waals surface area contributed by atoms with Crippen molar-refractivity contribution in [3.8, 4) is 0 Å². The SMILES string of the molecule is Cc1ccc(S(=O)(=O)NC(=O)C2(C)CCN2C(=O)Cc2ccccc2)nc1. The molecule has 1 N–H and O–H groups in total. The molecule has 1 unspecified atom stereocenters. The zero-order valence-electron chi connectivity index (χ0n) is 15.2. The number of hydrogen-bond donors (Lipinski definition) is 1. The maximum atomic E-state index is 12.7. The number of amides is 2. The topological polar surface area (TPSA) is 96.4 Å². The predicted octanol–water partition coefficient (Wildman–Crippen LogP) is 1.43. The van der Waals surface area contributed by atoms with E-state index < -0.39 is 21.5 Å². The lowest BCUT2D eigenvalue weighted by atomic mass is 9.85. The van der Waals surface area contributed by atoms with Crippen LogP contribution in [0, 0.1) is 6.92 Å². The first kappa shape index (κ1) is 19.0. The van der Waals surface area contributed by atoms with E-state index in [1.165, 1.54) is 17.2 Å². The number of pyridine rings is 1. The number of sulfonamides is 1. The molecule has 1 aromatic carbocycles. The van der Waals surface area contributed by atoms with Crippen molar-refractivity contribution in [2.45, 2.75) is 37.3 Å². The van der Waals surface area contributed by atoms with Crippen molar-refractivity contribution in [3.05, 3.63) is 59.8 Å². The molecule has 27 heavy (non-hydrogen) atoms. The fourth-order valence-electron chi connectivity index (χ4n) is 2.96. The fraction of sp³-hybridized carbons (Fsp3) is 0.316. The highest BCUT2D eigenvalue weighted by Crippen LogP contribution is 2.31. The molecule has 2 amide bonds. The van der Waals surface area contributed by atoms with E-state index in [1.54, 1.807) is 19.9 Å². The summed E-state index contributed by atoms with van der Waals surface area (Å²) < 4.78 is 26.9. The van der Waals surface area contributed by atoms with Gasteiger partial charge >= 0.3 is 0 Å². The number of benzene rings is 1. The second-order valence-corrected chi connectivity index (χ2v) is 8.47. The quantitative estimate of drug-likeness (QED) is 0.837. The van der Waals surface area contributed by atoms with Crippen molar-refractivity contribution >= 4 is 21.8 Å². The number of aromatic nitrogens is 1. The van der Waals surface area contributed by atoms with Gasteiger partial charge in [-0.3, -0.25) is 9.59 Å². The van der Waals surface area contributed by atoms with E-state index in [2.05, 4.69) is 9.71 Å². The number of carbonyl (C=O) groups is 2. The Morgan fingerprint density at radius 1 is 1.19 bits per heavy atom. The number of aryl methyl sites for hydroxylation is 1. The summed E-state index contributed by atoms with van der Waals surface area (Å²) in [7, 11) is -4.09. The lowest BCUT2D eigenvalue weighted by Gasteiger charge is -2.48. The molecule has 1 aliphatic rings. The van der Waals surface area contributed by atoms with Gasteiger partial charge in [0.1, 0.15) is 5.54 Å². The van der Waals surface area contributed by atoms with Crippen molar-refractivity contribution in [2.75, 3.05) is 6.54 Å². The number of carbonyl (C=O) groups excluding carboxylic acids is 2. The van der Waals surface area contributed by atoms with Crippen LogP contribution in [0.1, 0.15) is 24.5 Å². The molecule has 1 atom stereocenters. The Kier molecular flexibility index (Phi) is 5.01. The van der Waals surface area contributed by atoms with Crippen LogP contribution in [0.5, 0.6) is 0 Å². The van der Waals surface area contributed by atoms with Gasteiger partial charge in [0.05, 0.1) is 6.42 Å². The van der Waals surface area contributed by atoms with E-state index in [0.29, 0.717) is 13.0 Å². The van der Waals surface area contributed by atoms with Crippen LogP contribution in [0.3, 0.4) is 0 Å². The van der Waals surface area contributed by atoms with E-state index in [0.717, 1.165) is 11.1 Å². The molecule has 1 aromatic heterocycles. The van der Waals surface area contributed by atoms with Gasteiger partial charge in [0.2, 0.25) is 5.91 Å². The van der Waals surface area contributed by atoms with Gasteiger partial charge in [-0.25, -0.2) is 9.71 Å². The smallest absolute Gasteiger partial charge is 0.281 e. The first-order chi connectivity index (χ1) is 12.7. The molecule has 0 radical (unpaired) electrons. The molecule has 0 bridgehead atoms. The molecule has 3 rings (SSSR count). The molecule has 2 heterocycles. The summed E-state index contributed by atoms with van der Waals surface area (Å²) in [5, 5.41) is -0.230. The van der Waals surface area contributed by atoms with Crippen LogP contribution < -0.4 is 4.72 Å². The lowest BCUT2D eigenvalue weighted by Crippen LogP contribution is -2.68. The number of rotatable bonds is 5. The summed E-state index contributed by atoms with van der Waals surface area (Å²) in [4.78, 5) is 30.5. The van der Waals surface area contributed by atoms with Crippen molar-refractivity contribution in [1.82, 2.24) is 14.6 Å². The zero-order chi connectivity index (χ0) is 19.7. The monoisotopic (exact) mass is 387 g/mol. The van der Waals surface area contributed by atoms with E-state index >= 15 is 0 Å². The molecule has 7 nitrogen and oxygen atoms in total. The molecular weight excluding hydrogens is 366 g/mol. The summed E-state index contributed by atoms with van der Waals surface area (Å²) in [5.74, 6) is -0.937. The first-order valence-electron chi connectivity index (χ1n) is 8.57. The molecule has 0 aliphatic carbocycles. The summed E-state index contributed by atoms with van der Waals surface area (Å²) in [6.45, 7) is 3.78. The number of nitrogens with one attached hydrogen (secondary N) is 1. The number of nitrogens with zero attached hydrogens (tertiary/aromatic N) is 2. The molecule has 1 fully saturated rings. The summed E-state index contributed by atoms with van der Waals surface area (Å²) in [5.41, 5.74) is 0.460. The second-order valence-electron chi connectivity index (χ2n) is 6.84. The first-order valence-corrected chi connectivity index (χ1v) is 10.0. The fourth-order valence-corrected chi connectivity index (χ4v) is 3.97. The highest BCUT2D eigenvalue weighted by Gasteiger charge is 2.50. The molecule has 1 saturated heterocycles. The minimum atomic E-state index is -4.09. The summed E-state index contributed by atoms with van der Waals surface area (Å²) >= 11 is 0. The molecule has 1 aliphatic heterocycles. The Bertz CT molecular complexity index is 958. The van der Waals surface area contributed by atoms with E-state index in [1.807, 2.05) is 30.3 Å². The highest BCUT2D eigenvalue weighted by molar-refractivity contribution is 7.90. The summed E-state index contributed by atoms with van der Waals surface area (Å²) in [6, 6.07) is 12.2. The molecular formula is C19H21N3O4S. The van der Waals surface area contributed by atoms with Crippen molar-refractivity contribution in [1.29, 1.82) is 0 Å². The van der Waals surface area contributed by atoms with Crippen LogP contribution in [0.25, 0.3) is 0 Å². The average Bonchev–Trinajstić information content (AvgIpc) is 2.60. The van der Waals surface area contributed by atoms with Crippen molar-refractivity contribution in [3.63, 3.8) is 0 Å². The van der Waals surface area contributed by atoms with E-state index in [9.17, 15) is 18.0 Å². The zero-order valence-corrected chi connectivity index (χ0v) is 16.0. The lowest BCUT2D eigenvalue weighted by molar-refractivity contribution is -0.156. The maximum absolute atomic E-state index is 12.7. The van der Waals surface area contributed by atoms with Crippen molar-refractivity contribution < 1.29 is 18.0 Å². The summed E-state index contributed by atoms with van der Waals surface area (Å²) in [6.07, 6.45) is 1.98. The third kappa shape index (κ3) is 3.85. The minimum Gasteiger partial charge on any atom is -0.328 e. The van der Waals surface area contributed by atoms with Gasteiger partial charge in [-0.05, 0) is 37.5 Å². The van der Waals surface area contributed by atoms with Crippen LogP contribution in [0.15, 0.2) is 53.7 Å². The predicted molar refractivity (Wildman–Crippen MR) is 99.2 cm³/mol. The largest absolute Gasteiger partial charge is 0.328 e. The second kappa shape index (κ2) is 7.11. The Balaban J connectivity index is 1.71. The number of likely N-dealkylation sites (tertiary alicyclic amines) is 1. The molecule has 2 aromatic rings.